The number of hydrogen-bond donors (Lipinski definition) is 1. The maximum Gasteiger partial charge on any atom is 0.243 e. The van der Waals surface area contributed by atoms with Gasteiger partial charge in [0.1, 0.15) is 11.4 Å². The number of pyridine rings is 1. The number of anilines is 1. The molecule has 28 heavy (non-hydrogen) atoms. The first-order valence-electron chi connectivity index (χ1n) is 9.49. The van der Waals surface area contributed by atoms with Crippen molar-refractivity contribution in [2.24, 2.45) is 0 Å². The van der Waals surface area contributed by atoms with Gasteiger partial charge >= 0.3 is 0 Å². The van der Waals surface area contributed by atoms with E-state index in [9.17, 15) is 4.79 Å². The number of rotatable bonds is 6. The van der Waals surface area contributed by atoms with Crippen LogP contribution in [0.2, 0.25) is 0 Å². The molecule has 0 saturated heterocycles. The number of amides is 1. The maximum atomic E-state index is 12.4. The smallest absolute Gasteiger partial charge is 0.243 e. The van der Waals surface area contributed by atoms with Gasteiger partial charge in [-0.15, -0.1) is 0 Å². The minimum Gasteiger partial charge on any atom is -0.437 e. The number of nitrogens with zero attached hydrogens (tertiary/aromatic N) is 1. The van der Waals surface area contributed by atoms with Crippen LogP contribution in [-0.2, 0) is 16.6 Å². The minimum absolute atomic E-state index is 0.0641. The van der Waals surface area contributed by atoms with E-state index in [1.54, 1.807) is 12.3 Å². The summed E-state index contributed by atoms with van der Waals surface area (Å²) < 4.78 is 6.10. The molecule has 4 nitrogen and oxygen atoms in total. The van der Waals surface area contributed by atoms with E-state index in [-0.39, 0.29) is 11.3 Å². The number of benzene rings is 2. The second-order valence-corrected chi connectivity index (χ2v) is 7.74. The van der Waals surface area contributed by atoms with Crippen LogP contribution in [0.5, 0.6) is 11.6 Å². The first-order chi connectivity index (χ1) is 13.4. The normalized spacial score (nSPS) is 11.1. The van der Waals surface area contributed by atoms with E-state index in [4.69, 9.17) is 4.74 Å². The van der Waals surface area contributed by atoms with E-state index in [0.29, 0.717) is 24.4 Å². The predicted octanol–water partition coefficient (Wildman–Crippen LogP) is 5.74. The largest absolute Gasteiger partial charge is 0.437 e. The van der Waals surface area contributed by atoms with Gasteiger partial charge in [-0.05, 0) is 35.6 Å². The number of carbonyl (C=O) groups excluding carboxylic acids is 1. The summed E-state index contributed by atoms with van der Waals surface area (Å²) in [4.78, 5) is 16.8. The molecule has 1 aromatic heterocycles. The van der Waals surface area contributed by atoms with Gasteiger partial charge in [-0.1, -0.05) is 69.3 Å². The highest BCUT2D eigenvalue weighted by molar-refractivity contribution is 5.92. The average molecular weight is 374 g/mol. The first kappa shape index (κ1) is 19.6. The van der Waals surface area contributed by atoms with Gasteiger partial charge in [0.15, 0.2) is 0 Å². The molecule has 1 N–H and O–H groups in total. The Balaban J connectivity index is 1.73. The Bertz CT molecular complexity index is 931. The number of carbonyl (C=O) groups is 1. The number of hydrogen-bond acceptors (Lipinski definition) is 3. The molecule has 0 atom stereocenters. The summed E-state index contributed by atoms with van der Waals surface area (Å²) in [5.41, 5.74) is 2.73. The molecule has 144 valence electrons. The molecule has 0 bridgehead atoms. The Morgan fingerprint density at radius 3 is 2.43 bits per heavy atom. The quantitative estimate of drug-likeness (QED) is 0.598. The zero-order valence-corrected chi connectivity index (χ0v) is 16.6. The van der Waals surface area contributed by atoms with E-state index < -0.39 is 0 Å². The van der Waals surface area contributed by atoms with E-state index in [0.717, 1.165) is 16.9 Å². The van der Waals surface area contributed by atoms with Crippen LogP contribution in [0.1, 0.15) is 38.3 Å². The fraction of sp³-hybridized carbons (Fsp3) is 0.250. The molecule has 4 heteroatoms. The van der Waals surface area contributed by atoms with Gasteiger partial charge in [-0.3, -0.25) is 4.79 Å². The van der Waals surface area contributed by atoms with Crippen LogP contribution in [0, 0.1) is 0 Å². The Kier molecular flexibility index (Phi) is 6.09. The lowest BCUT2D eigenvalue weighted by atomic mass is 9.86. The fourth-order valence-corrected chi connectivity index (χ4v) is 2.96. The Morgan fingerprint density at radius 1 is 0.964 bits per heavy atom. The van der Waals surface area contributed by atoms with Crippen LogP contribution in [0.25, 0.3) is 0 Å². The lowest BCUT2D eigenvalue weighted by Gasteiger charge is -2.22. The van der Waals surface area contributed by atoms with Crippen LogP contribution in [0.15, 0.2) is 72.9 Å². The molecule has 0 saturated carbocycles. The number of aromatic nitrogens is 1. The predicted molar refractivity (Wildman–Crippen MR) is 113 cm³/mol. The Labute approximate surface area is 166 Å². The third-order valence-electron chi connectivity index (χ3n) is 4.43. The molecule has 0 unspecified atom stereocenters. The summed E-state index contributed by atoms with van der Waals surface area (Å²) in [5.74, 6) is 1.08. The topological polar surface area (TPSA) is 51.2 Å². The molecule has 0 fully saturated rings. The lowest BCUT2D eigenvalue weighted by molar-refractivity contribution is -0.116. The van der Waals surface area contributed by atoms with Crippen molar-refractivity contribution in [3.8, 4) is 11.6 Å². The zero-order chi connectivity index (χ0) is 20.0. The van der Waals surface area contributed by atoms with Crippen molar-refractivity contribution in [2.75, 3.05) is 5.32 Å². The average Bonchev–Trinajstić information content (AvgIpc) is 2.68. The van der Waals surface area contributed by atoms with Crippen molar-refractivity contribution in [3.05, 3.63) is 84.1 Å². The molecule has 1 amide bonds. The van der Waals surface area contributed by atoms with Crippen molar-refractivity contribution in [1.82, 2.24) is 4.98 Å². The van der Waals surface area contributed by atoms with E-state index in [2.05, 4.69) is 37.1 Å². The molecular formula is C24H26N2O2. The number of aryl methyl sites for hydroxylation is 1. The van der Waals surface area contributed by atoms with Crippen LogP contribution < -0.4 is 10.1 Å². The molecule has 1 heterocycles. The van der Waals surface area contributed by atoms with Gasteiger partial charge in [0, 0.05) is 18.2 Å². The van der Waals surface area contributed by atoms with Crippen LogP contribution in [0.3, 0.4) is 0 Å². The van der Waals surface area contributed by atoms with Gasteiger partial charge in [-0.25, -0.2) is 4.98 Å². The van der Waals surface area contributed by atoms with E-state index >= 15 is 0 Å². The molecule has 3 rings (SSSR count). The fourth-order valence-electron chi connectivity index (χ4n) is 2.96. The molecule has 0 aliphatic carbocycles. The van der Waals surface area contributed by atoms with Crippen molar-refractivity contribution >= 4 is 11.6 Å². The highest BCUT2D eigenvalue weighted by Gasteiger charge is 2.20. The molecule has 0 aliphatic rings. The van der Waals surface area contributed by atoms with Crippen LogP contribution >= 0.6 is 0 Å². The summed E-state index contributed by atoms with van der Waals surface area (Å²) in [6.07, 6.45) is 2.75. The van der Waals surface area contributed by atoms with Crippen molar-refractivity contribution in [2.45, 2.75) is 39.0 Å². The highest BCUT2D eigenvalue weighted by atomic mass is 16.5. The van der Waals surface area contributed by atoms with E-state index in [1.807, 2.05) is 54.6 Å². The van der Waals surface area contributed by atoms with Crippen molar-refractivity contribution in [3.63, 3.8) is 0 Å². The number of para-hydroxylation sites is 1. The summed E-state index contributed by atoms with van der Waals surface area (Å²) in [7, 11) is 0. The van der Waals surface area contributed by atoms with E-state index in [1.165, 1.54) is 0 Å². The third-order valence-corrected chi connectivity index (χ3v) is 4.43. The highest BCUT2D eigenvalue weighted by Crippen LogP contribution is 2.35. The number of nitrogens with one attached hydrogen (secondary N) is 1. The third kappa shape index (κ3) is 5.19. The first-order valence-corrected chi connectivity index (χ1v) is 9.49. The summed E-state index contributed by atoms with van der Waals surface area (Å²) in [6.45, 7) is 6.42. The van der Waals surface area contributed by atoms with Gasteiger partial charge in [0.25, 0.3) is 0 Å². The molecule has 0 aliphatic heterocycles. The standard InChI is InChI=1S/C24H26N2O2/c1-24(2,3)19-12-7-8-14-21(19)28-23-20(13-9-17-25-23)26-22(27)16-15-18-10-5-4-6-11-18/h4-14,17H,15-16H2,1-3H3,(H,26,27). The second-order valence-electron chi connectivity index (χ2n) is 7.74. The molecular weight excluding hydrogens is 348 g/mol. The Hall–Kier alpha value is -3.14. The van der Waals surface area contributed by atoms with Crippen molar-refractivity contribution < 1.29 is 9.53 Å². The van der Waals surface area contributed by atoms with Gasteiger partial charge in [0.2, 0.25) is 11.8 Å². The van der Waals surface area contributed by atoms with Crippen LogP contribution in [-0.4, -0.2) is 10.9 Å². The number of ether oxygens (including phenoxy) is 1. The minimum atomic E-state index is -0.0650. The van der Waals surface area contributed by atoms with Gasteiger partial charge in [0.05, 0.1) is 0 Å². The molecule has 0 radical (unpaired) electrons. The maximum absolute atomic E-state index is 12.4. The summed E-state index contributed by atoms with van der Waals surface area (Å²) >= 11 is 0. The van der Waals surface area contributed by atoms with Crippen LogP contribution in [0.4, 0.5) is 5.69 Å². The molecule has 0 spiro atoms. The summed E-state index contributed by atoms with van der Waals surface area (Å²) in [6, 6.07) is 21.5. The zero-order valence-electron chi connectivity index (χ0n) is 16.6. The monoisotopic (exact) mass is 374 g/mol. The van der Waals surface area contributed by atoms with Crippen molar-refractivity contribution in [1.29, 1.82) is 0 Å². The molecule has 2 aromatic carbocycles. The summed E-state index contributed by atoms with van der Waals surface area (Å²) in [5, 5.41) is 2.93. The Morgan fingerprint density at radius 2 is 1.68 bits per heavy atom. The van der Waals surface area contributed by atoms with Gasteiger partial charge < -0.3 is 10.1 Å². The molecule has 3 aromatic rings. The van der Waals surface area contributed by atoms with Gasteiger partial charge in [-0.2, -0.15) is 0 Å². The lowest BCUT2D eigenvalue weighted by Crippen LogP contribution is -2.14. The SMILES string of the molecule is CC(C)(C)c1ccccc1Oc1ncccc1NC(=O)CCc1ccccc1. The second kappa shape index (κ2) is 8.70.